The summed E-state index contributed by atoms with van der Waals surface area (Å²) in [5, 5.41) is 3.37. The molecule has 3 fully saturated rings. The third-order valence-corrected chi connectivity index (χ3v) is 5.97. The van der Waals surface area contributed by atoms with Crippen LogP contribution in [0.15, 0.2) is 12.1 Å². The SMILES string of the molecule is CC(C)(C)C(=O)NCCN1C2CC1CN(Cc1nc3c(Cl)cc(F)cc3[nH]1)C2. The van der Waals surface area contributed by atoms with Gasteiger partial charge in [-0.15, -0.1) is 0 Å². The zero-order valence-corrected chi connectivity index (χ0v) is 17.3. The third kappa shape index (κ3) is 3.88. The van der Waals surface area contributed by atoms with E-state index in [1.54, 1.807) is 0 Å². The molecule has 2 N–H and O–H groups in total. The number of halogens is 2. The molecular weight excluding hydrogens is 381 g/mol. The Morgan fingerprint density at radius 1 is 1.36 bits per heavy atom. The van der Waals surface area contributed by atoms with E-state index in [1.165, 1.54) is 18.6 Å². The van der Waals surface area contributed by atoms with Crippen LogP contribution in [0.5, 0.6) is 0 Å². The quantitative estimate of drug-likeness (QED) is 0.800. The fraction of sp³-hybridized carbons (Fsp3) is 0.600. The molecule has 0 spiro atoms. The van der Waals surface area contributed by atoms with E-state index in [2.05, 4.69) is 25.1 Å². The number of amides is 1. The lowest BCUT2D eigenvalue weighted by molar-refractivity contribution is -0.129. The lowest BCUT2D eigenvalue weighted by atomic mass is 9.87. The van der Waals surface area contributed by atoms with Crippen LogP contribution in [0.25, 0.3) is 11.0 Å². The van der Waals surface area contributed by atoms with Crippen LogP contribution < -0.4 is 5.32 Å². The minimum Gasteiger partial charge on any atom is -0.354 e. The van der Waals surface area contributed by atoms with Crippen LogP contribution in [0.1, 0.15) is 33.0 Å². The number of rotatable bonds is 5. The van der Waals surface area contributed by atoms with E-state index in [-0.39, 0.29) is 17.1 Å². The summed E-state index contributed by atoms with van der Waals surface area (Å²) in [7, 11) is 0. The maximum atomic E-state index is 13.5. The van der Waals surface area contributed by atoms with Crippen molar-refractivity contribution < 1.29 is 9.18 Å². The highest BCUT2D eigenvalue weighted by atomic mass is 35.5. The van der Waals surface area contributed by atoms with Crippen molar-refractivity contribution in [2.75, 3.05) is 26.2 Å². The van der Waals surface area contributed by atoms with Crippen LogP contribution in [0.2, 0.25) is 5.02 Å². The van der Waals surface area contributed by atoms with E-state index in [0.717, 1.165) is 25.5 Å². The standard InChI is InChI=1S/C20H27ClFN5O/c1-20(2,3)19(28)23-4-5-27-13-8-14(27)10-26(9-13)11-17-24-16-7-12(22)6-15(21)18(16)25-17/h6-7,13-14H,4-5,8-11H2,1-3H3,(H,23,28)(H,24,25). The molecule has 2 unspecified atom stereocenters. The number of piperazine rings is 1. The lowest BCUT2D eigenvalue weighted by Gasteiger charge is -2.56. The summed E-state index contributed by atoms with van der Waals surface area (Å²) in [6.45, 7) is 10.0. The van der Waals surface area contributed by atoms with E-state index >= 15 is 0 Å². The van der Waals surface area contributed by atoms with E-state index < -0.39 is 0 Å². The molecule has 1 aromatic carbocycles. The van der Waals surface area contributed by atoms with Gasteiger partial charge in [-0.25, -0.2) is 9.37 Å². The summed E-state index contributed by atoms with van der Waals surface area (Å²) in [5.41, 5.74) is 0.912. The first kappa shape index (κ1) is 19.6. The highest BCUT2D eigenvalue weighted by Gasteiger charge is 2.44. The van der Waals surface area contributed by atoms with Crippen molar-refractivity contribution in [2.45, 2.75) is 45.8 Å². The predicted molar refractivity (Wildman–Crippen MR) is 108 cm³/mol. The minimum absolute atomic E-state index is 0.0970. The predicted octanol–water partition coefficient (Wildman–Crippen LogP) is 2.78. The number of hydrogen-bond acceptors (Lipinski definition) is 4. The van der Waals surface area contributed by atoms with Crippen molar-refractivity contribution >= 4 is 28.5 Å². The Labute approximate surface area is 169 Å². The summed E-state index contributed by atoms with van der Waals surface area (Å²) in [6, 6.07) is 3.77. The molecule has 0 saturated carbocycles. The number of nitrogens with one attached hydrogen (secondary N) is 2. The van der Waals surface area contributed by atoms with Gasteiger partial charge in [-0.3, -0.25) is 14.6 Å². The molecule has 3 aliphatic heterocycles. The molecule has 6 nitrogen and oxygen atoms in total. The van der Waals surface area contributed by atoms with Crippen LogP contribution in [-0.2, 0) is 11.3 Å². The molecule has 3 saturated heterocycles. The van der Waals surface area contributed by atoms with Gasteiger partial charge in [0.2, 0.25) is 5.91 Å². The topological polar surface area (TPSA) is 64.3 Å². The first-order valence-corrected chi connectivity index (χ1v) is 10.2. The Kier molecular flexibility index (Phi) is 5.10. The first-order valence-electron chi connectivity index (χ1n) is 9.81. The molecule has 1 amide bonds. The van der Waals surface area contributed by atoms with Gasteiger partial charge in [0.15, 0.2) is 0 Å². The van der Waals surface area contributed by atoms with Crippen molar-refractivity contribution in [1.29, 1.82) is 0 Å². The number of aromatic amines is 1. The van der Waals surface area contributed by atoms with Crippen LogP contribution in [0.3, 0.4) is 0 Å². The van der Waals surface area contributed by atoms with Crippen LogP contribution in [-0.4, -0.2) is 63.9 Å². The fourth-order valence-electron chi connectivity index (χ4n) is 4.21. The monoisotopic (exact) mass is 407 g/mol. The molecule has 1 aromatic heterocycles. The van der Waals surface area contributed by atoms with Crippen molar-refractivity contribution in [2.24, 2.45) is 5.41 Å². The highest BCUT2D eigenvalue weighted by Crippen LogP contribution is 2.32. The molecule has 28 heavy (non-hydrogen) atoms. The van der Waals surface area contributed by atoms with E-state index in [1.807, 2.05) is 20.8 Å². The van der Waals surface area contributed by atoms with Crippen molar-refractivity contribution in [3.63, 3.8) is 0 Å². The number of piperidine rings is 1. The van der Waals surface area contributed by atoms with Crippen molar-refractivity contribution in [1.82, 2.24) is 25.1 Å². The maximum Gasteiger partial charge on any atom is 0.225 e. The molecule has 4 heterocycles. The fourth-order valence-corrected chi connectivity index (χ4v) is 4.46. The molecule has 152 valence electrons. The molecule has 2 aromatic rings. The zero-order chi connectivity index (χ0) is 20.1. The lowest BCUT2D eigenvalue weighted by Crippen LogP contribution is -2.69. The Bertz CT molecular complexity index is 881. The Balaban J connectivity index is 1.30. The molecule has 5 rings (SSSR count). The normalized spacial score (nSPS) is 23.0. The van der Waals surface area contributed by atoms with Crippen molar-refractivity contribution in [3.05, 3.63) is 28.8 Å². The van der Waals surface area contributed by atoms with Gasteiger partial charge in [0.1, 0.15) is 17.2 Å². The van der Waals surface area contributed by atoms with E-state index in [4.69, 9.17) is 11.6 Å². The second kappa shape index (κ2) is 7.28. The number of aromatic nitrogens is 2. The molecule has 8 heteroatoms. The number of imidazole rings is 1. The number of fused-ring (bicyclic) bond motifs is 3. The van der Waals surface area contributed by atoms with Crippen molar-refractivity contribution in [3.8, 4) is 0 Å². The van der Waals surface area contributed by atoms with E-state index in [9.17, 15) is 9.18 Å². The molecule has 0 aliphatic carbocycles. The van der Waals surface area contributed by atoms with Gasteiger partial charge >= 0.3 is 0 Å². The zero-order valence-electron chi connectivity index (χ0n) is 16.6. The third-order valence-electron chi connectivity index (χ3n) is 5.68. The van der Waals surface area contributed by atoms with Gasteiger partial charge in [0.05, 0.1) is 17.1 Å². The summed E-state index contributed by atoms with van der Waals surface area (Å²) < 4.78 is 13.5. The largest absolute Gasteiger partial charge is 0.354 e. The number of H-pyrrole nitrogens is 1. The second-order valence-corrected chi connectivity index (χ2v) is 9.36. The van der Waals surface area contributed by atoms with Gasteiger partial charge in [-0.05, 0) is 18.6 Å². The summed E-state index contributed by atoms with van der Waals surface area (Å²) in [5.74, 6) is 0.550. The van der Waals surface area contributed by atoms with Gasteiger partial charge < -0.3 is 10.3 Å². The molecule has 2 atom stereocenters. The smallest absolute Gasteiger partial charge is 0.225 e. The Hall–Kier alpha value is -1.70. The maximum absolute atomic E-state index is 13.5. The molecular formula is C20H27ClFN5O. The Morgan fingerprint density at radius 3 is 2.75 bits per heavy atom. The van der Waals surface area contributed by atoms with Crippen LogP contribution in [0.4, 0.5) is 4.39 Å². The average molecular weight is 408 g/mol. The van der Waals surface area contributed by atoms with Crippen LogP contribution in [0, 0.1) is 11.2 Å². The number of benzene rings is 1. The summed E-state index contributed by atoms with van der Waals surface area (Å²) in [6.07, 6.45) is 1.21. The van der Waals surface area contributed by atoms with E-state index in [0.29, 0.717) is 41.2 Å². The Morgan fingerprint density at radius 2 is 2.07 bits per heavy atom. The van der Waals surface area contributed by atoms with Gasteiger partial charge in [-0.2, -0.15) is 0 Å². The number of carbonyl (C=O) groups is 1. The summed E-state index contributed by atoms with van der Waals surface area (Å²) in [4.78, 5) is 24.6. The first-order chi connectivity index (χ1) is 13.2. The molecule has 2 bridgehead atoms. The number of hydrogen-bond donors (Lipinski definition) is 2. The molecule has 3 aliphatic rings. The highest BCUT2D eigenvalue weighted by molar-refractivity contribution is 6.34. The van der Waals surface area contributed by atoms with Crippen LogP contribution >= 0.6 is 11.6 Å². The van der Waals surface area contributed by atoms with Gasteiger partial charge in [-0.1, -0.05) is 32.4 Å². The number of nitrogens with zero attached hydrogens (tertiary/aromatic N) is 3. The number of carbonyl (C=O) groups excluding carboxylic acids is 1. The summed E-state index contributed by atoms with van der Waals surface area (Å²) >= 11 is 6.09. The van der Waals surface area contributed by atoms with Gasteiger partial charge in [0, 0.05) is 43.7 Å². The molecule has 0 radical (unpaired) electrons. The van der Waals surface area contributed by atoms with Gasteiger partial charge in [0.25, 0.3) is 0 Å². The average Bonchev–Trinajstić information content (AvgIpc) is 3.00. The minimum atomic E-state index is -0.360. The second-order valence-electron chi connectivity index (χ2n) is 8.95.